The van der Waals surface area contributed by atoms with Gasteiger partial charge in [-0.05, 0) is 38.7 Å². The Morgan fingerprint density at radius 1 is 1.12 bits per heavy atom. The number of rotatable bonds is 6. The van der Waals surface area contributed by atoms with E-state index in [1.807, 2.05) is 5.32 Å². The lowest BCUT2D eigenvalue weighted by molar-refractivity contribution is -0.138. The lowest BCUT2D eigenvalue weighted by atomic mass is 10.0. The van der Waals surface area contributed by atoms with Crippen LogP contribution in [0.25, 0.3) is 10.4 Å². The molecule has 3 atom stereocenters. The number of hydrogen-bond donors (Lipinski definition) is 3. The minimum atomic E-state index is -5.04. The highest BCUT2D eigenvalue weighted by Gasteiger charge is 2.45. The van der Waals surface area contributed by atoms with Gasteiger partial charge in [0.1, 0.15) is 17.6 Å². The Morgan fingerprint density at radius 3 is 2.33 bits per heavy atom. The number of nitrogens with zero attached hydrogens (tertiary/aromatic N) is 3. The molecule has 2 aromatic heterocycles. The number of amides is 2. The third kappa shape index (κ3) is 5.48. The smallest absolute Gasteiger partial charge is 0.388 e. The topological polar surface area (TPSA) is 117 Å². The molecule has 0 unspecified atom stereocenters. The number of thiazole rings is 1. The van der Waals surface area contributed by atoms with E-state index in [0.717, 1.165) is 38.8 Å². The molecule has 2 amide bonds. The van der Waals surface area contributed by atoms with Gasteiger partial charge in [0.05, 0.1) is 35.8 Å². The second kappa shape index (κ2) is 10.4. The van der Waals surface area contributed by atoms with Crippen molar-refractivity contribution in [2.45, 2.75) is 75.2 Å². The fourth-order valence-corrected chi connectivity index (χ4v) is 6.26. The van der Waals surface area contributed by atoms with Crippen LogP contribution < -0.4 is 10.6 Å². The molecule has 218 valence electrons. The first-order valence-electron chi connectivity index (χ1n) is 12.5. The molecule has 2 bridgehead atoms. The Bertz CT molecular complexity index is 1280. The van der Waals surface area contributed by atoms with E-state index in [1.165, 1.54) is 0 Å². The molecule has 3 aliphatic heterocycles. The molecule has 0 saturated carbocycles. The third-order valence-corrected chi connectivity index (χ3v) is 8.48. The van der Waals surface area contributed by atoms with Gasteiger partial charge in [0.2, 0.25) is 0 Å². The van der Waals surface area contributed by atoms with E-state index in [9.17, 15) is 41.0 Å². The Morgan fingerprint density at radius 2 is 1.77 bits per heavy atom. The number of alkyl halides is 6. The number of ether oxygens (including phenoxy) is 1. The summed E-state index contributed by atoms with van der Waals surface area (Å²) >= 11 is 0.536. The number of pyridine rings is 1. The lowest BCUT2D eigenvalue weighted by Crippen LogP contribution is -2.42. The Labute approximate surface area is 227 Å². The number of aliphatic hydroxyl groups excluding tert-OH is 1. The molecular formula is C24H25F6N5O4S. The number of anilines is 1. The summed E-state index contributed by atoms with van der Waals surface area (Å²) in [5.74, 6) is -2.10. The van der Waals surface area contributed by atoms with Crippen LogP contribution in [0.15, 0.2) is 12.3 Å². The SMILES string of the molecule is C[C@H](Nc1cc(C(F)(F)F)c(-c2sc(C(=O)N[C@@H]3COC[C@H]3O)nc2C(=O)N2[C@H]3CC[C@H]2CC3)cn1)C(F)(F)F. The second-order valence-corrected chi connectivity index (χ2v) is 11.1. The molecule has 3 aliphatic rings. The molecule has 0 spiro atoms. The van der Waals surface area contributed by atoms with Crippen molar-refractivity contribution in [3.63, 3.8) is 0 Å². The molecule has 5 heterocycles. The molecule has 40 heavy (non-hydrogen) atoms. The summed E-state index contributed by atoms with van der Waals surface area (Å²) in [5.41, 5.74) is -2.30. The van der Waals surface area contributed by atoms with Crippen LogP contribution in [-0.2, 0) is 10.9 Å². The number of aromatic nitrogens is 2. The number of aliphatic hydroxyl groups is 1. The molecule has 0 radical (unpaired) electrons. The van der Waals surface area contributed by atoms with Gasteiger partial charge >= 0.3 is 12.4 Å². The first-order valence-corrected chi connectivity index (χ1v) is 13.4. The zero-order chi connectivity index (χ0) is 29.0. The number of halogens is 6. The van der Waals surface area contributed by atoms with Crippen molar-refractivity contribution in [1.82, 2.24) is 20.2 Å². The van der Waals surface area contributed by atoms with Gasteiger partial charge < -0.3 is 25.4 Å². The maximum atomic E-state index is 14.2. The lowest BCUT2D eigenvalue weighted by Gasteiger charge is -2.22. The Balaban J connectivity index is 1.56. The van der Waals surface area contributed by atoms with Gasteiger partial charge in [0.25, 0.3) is 11.8 Å². The van der Waals surface area contributed by atoms with Crippen LogP contribution in [0.1, 0.15) is 58.5 Å². The quantitative estimate of drug-likeness (QED) is 0.436. The Kier molecular flexibility index (Phi) is 7.46. The van der Waals surface area contributed by atoms with Crippen molar-refractivity contribution in [3.05, 3.63) is 28.5 Å². The van der Waals surface area contributed by atoms with Crippen molar-refractivity contribution < 1.29 is 45.8 Å². The molecular weight excluding hydrogens is 568 g/mol. The first-order chi connectivity index (χ1) is 18.7. The average molecular weight is 594 g/mol. The number of carbonyl (C=O) groups excluding carboxylic acids is 2. The highest BCUT2D eigenvalue weighted by molar-refractivity contribution is 7.17. The second-order valence-electron chi connectivity index (χ2n) is 10.1. The van der Waals surface area contributed by atoms with Crippen LogP contribution >= 0.6 is 11.3 Å². The van der Waals surface area contributed by atoms with E-state index in [2.05, 4.69) is 15.3 Å². The van der Waals surface area contributed by atoms with Gasteiger partial charge in [-0.15, -0.1) is 11.3 Å². The zero-order valence-electron chi connectivity index (χ0n) is 21.0. The van der Waals surface area contributed by atoms with Gasteiger partial charge in [0, 0.05) is 23.8 Å². The van der Waals surface area contributed by atoms with E-state index in [1.54, 1.807) is 4.90 Å². The highest BCUT2D eigenvalue weighted by Crippen LogP contribution is 2.44. The molecule has 0 aliphatic carbocycles. The van der Waals surface area contributed by atoms with Crippen molar-refractivity contribution in [2.75, 3.05) is 18.5 Å². The van der Waals surface area contributed by atoms with Crippen molar-refractivity contribution >= 4 is 29.0 Å². The summed E-state index contributed by atoms with van der Waals surface area (Å²) in [4.78, 5) is 35.9. The van der Waals surface area contributed by atoms with Crippen LogP contribution in [0.4, 0.5) is 32.2 Å². The Hall–Kier alpha value is -2.98. The fraction of sp³-hybridized carbons (Fsp3) is 0.583. The minimum absolute atomic E-state index is 0.0104. The van der Waals surface area contributed by atoms with Gasteiger partial charge in [0.15, 0.2) is 5.01 Å². The van der Waals surface area contributed by atoms with Crippen LogP contribution in [-0.4, -0.2) is 81.5 Å². The normalized spacial score (nSPS) is 25.4. The zero-order valence-corrected chi connectivity index (χ0v) is 21.8. The van der Waals surface area contributed by atoms with Gasteiger partial charge in [-0.3, -0.25) is 9.59 Å². The summed E-state index contributed by atoms with van der Waals surface area (Å²) in [6, 6.07) is -2.70. The summed E-state index contributed by atoms with van der Waals surface area (Å²) in [6.45, 7) is 0.745. The predicted octanol–water partition coefficient (Wildman–Crippen LogP) is 3.84. The van der Waals surface area contributed by atoms with Crippen LogP contribution in [0.3, 0.4) is 0 Å². The highest BCUT2D eigenvalue weighted by atomic mass is 32.1. The molecule has 3 saturated heterocycles. The first kappa shape index (κ1) is 28.5. The average Bonchev–Trinajstić information content (AvgIpc) is 3.67. The van der Waals surface area contributed by atoms with Crippen molar-refractivity contribution in [2.24, 2.45) is 0 Å². The number of fused-ring (bicyclic) bond motifs is 2. The predicted molar refractivity (Wildman–Crippen MR) is 130 cm³/mol. The molecule has 2 aromatic rings. The molecule has 0 aromatic carbocycles. The minimum Gasteiger partial charge on any atom is -0.388 e. The van der Waals surface area contributed by atoms with Crippen LogP contribution in [0.2, 0.25) is 0 Å². The summed E-state index contributed by atoms with van der Waals surface area (Å²) in [5, 5.41) is 14.1. The van der Waals surface area contributed by atoms with Crippen molar-refractivity contribution in [1.29, 1.82) is 0 Å². The number of nitrogens with one attached hydrogen (secondary N) is 2. The number of carbonyl (C=O) groups is 2. The van der Waals surface area contributed by atoms with E-state index >= 15 is 0 Å². The summed E-state index contributed by atoms with van der Waals surface area (Å²) in [7, 11) is 0. The monoisotopic (exact) mass is 593 g/mol. The van der Waals surface area contributed by atoms with Crippen molar-refractivity contribution in [3.8, 4) is 10.4 Å². The number of hydrogen-bond acceptors (Lipinski definition) is 8. The van der Waals surface area contributed by atoms with Crippen LogP contribution in [0.5, 0.6) is 0 Å². The van der Waals surface area contributed by atoms with E-state index in [-0.39, 0.29) is 40.9 Å². The maximum Gasteiger partial charge on any atom is 0.417 e. The van der Waals surface area contributed by atoms with Gasteiger partial charge in [-0.1, -0.05) is 0 Å². The van der Waals surface area contributed by atoms with E-state index in [4.69, 9.17) is 4.74 Å². The molecule has 3 fully saturated rings. The molecule has 5 rings (SSSR count). The maximum absolute atomic E-state index is 14.2. The molecule has 16 heteroatoms. The standard InChI is InChI=1S/C24H25F6N5O4S/c1-10(23(25,26)27)32-17-6-14(24(28,29)30)13(7-31-17)19-18(22(38)35-11-2-3-12(35)5-4-11)34-21(40-19)20(37)33-15-8-39-9-16(15)36/h6-7,10-12,15-16,36H,2-5,8-9H2,1H3,(H,31,32)(H,33,37)/t10-,11-,12-,15+,16+/m0/s1. The third-order valence-electron chi connectivity index (χ3n) is 7.39. The summed E-state index contributed by atoms with van der Waals surface area (Å²) < 4.78 is 86.8. The molecule has 3 N–H and O–H groups in total. The fourth-order valence-electron chi connectivity index (χ4n) is 5.28. The van der Waals surface area contributed by atoms with Gasteiger partial charge in [-0.2, -0.15) is 26.3 Å². The van der Waals surface area contributed by atoms with E-state index < -0.39 is 59.3 Å². The van der Waals surface area contributed by atoms with Gasteiger partial charge in [-0.25, -0.2) is 9.97 Å². The largest absolute Gasteiger partial charge is 0.417 e. The van der Waals surface area contributed by atoms with Crippen LogP contribution in [0, 0.1) is 0 Å². The van der Waals surface area contributed by atoms with E-state index in [0.29, 0.717) is 17.4 Å². The molecule has 9 nitrogen and oxygen atoms in total. The summed E-state index contributed by atoms with van der Waals surface area (Å²) in [6.07, 6.45) is -7.05.